The fourth-order valence-corrected chi connectivity index (χ4v) is 3.88. The van der Waals surface area contributed by atoms with Crippen molar-refractivity contribution in [1.29, 1.82) is 0 Å². The molecule has 2 N–H and O–H groups in total. The quantitative estimate of drug-likeness (QED) is 0.328. The maximum Gasteiger partial charge on any atom is 0.300 e. The van der Waals surface area contributed by atoms with E-state index in [4.69, 9.17) is 4.74 Å². The average molecular weight is 457 g/mol. The molecule has 0 radical (unpaired) electrons. The largest absolute Gasteiger partial charge is 0.507 e. The molecule has 0 spiro atoms. The molecule has 2 aromatic carbocycles. The first-order valence-corrected chi connectivity index (χ1v) is 10.7. The summed E-state index contributed by atoms with van der Waals surface area (Å²) in [6, 6.07) is 17.4. The molecular formula is C26H23N3O5. The highest BCUT2D eigenvalue weighted by atomic mass is 16.5. The number of nitrogens with one attached hydrogen (secondary N) is 1. The van der Waals surface area contributed by atoms with Crippen LogP contribution >= 0.6 is 0 Å². The van der Waals surface area contributed by atoms with Gasteiger partial charge in [0.1, 0.15) is 17.6 Å². The molecule has 8 heteroatoms. The molecule has 1 saturated heterocycles. The van der Waals surface area contributed by atoms with Gasteiger partial charge in [-0.1, -0.05) is 12.1 Å². The van der Waals surface area contributed by atoms with Crippen LogP contribution in [-0.2, 0) is 14.4 Å². The lowest BCUT2D eigenvalue weighted by molar-refractivity contribution is -0.132. The monoisotopic (exact) mass is 457 g/mol. The van der Waals surface area contributed by atoms with Gasteiger partial charge in [0.25, 0.3) is 11.7 Å². The van der Waals surface area contributed by atoms with E-state index in [0.717, 1.165) is 0 Å². The number of aromatic nitrogens is 1. The van der Waals surface area contributed by atoms with Gasteiger partial charge in [-0.15, -0.1) is 0 Å². The minimum Gasteiger partial charge on any atom is -0.507 e. The van der Waals surface area contributed by atoms with Crippen LogP contribution < -0.4 is 15.0 Å². The summed E-state index contributed by atoms with van der Waals surface area (Å²) in [4.78, 5) is 43.5. The molecule has 3 aromatic rings. The van der Waals surface area contributed by atoms with Crippen LogP contribution in [0.3, 0.4) is 0 Å². The predicted molar refractivity (Wildman–Crippen MR) is 127 cm³/mol. The number of amides is 2. The number of hydrogen-bond acceptors (Lipinski definition) is 6. The number of Topliss-reactive ketones (excluding diaryl/α,β-unsaturated/α-hetero) is 1. The fourth-order valence-electron chi connectivity index (χ4n) is 3.88. The zero-order valence-corrected chi connectivity index (χ0v) is 18.7. The molecule has 1 aliphatic heterocycles. The number of aliphatic hydroxyl groups is 1. The lowest BCUT2D eigenvalue weighted by Crippen LogP contribution is -2.30. The third kappa shape index (κ3) is 4.38. The standard InChI is InChI=1S/C26H23N3O5/c1-3-34-20-12-10-17(11-13-20)24(31)22-23(21-9-4-5-14-27-21)29(26(33)25(22)32)19-8-6-7-18(15-19)28-16(2)30/h4-15,23,31H,3H2,1-2H3,(H,28,30)/b24-22+. The summed E-state index contributed by atoms with van der Waals surface area (Å²) < 4.78 is 5.44. The highest BCUT2D eigenvalue weighted by Gasteiger charge is 2.47. The van der Waals surface area contributed by atoms with Crippen LogP contribution in [0, 0.1) is 0 Å². The van der Waals surface area contributed by atoms with E-state index >= 15 is 0 Å². The van der Waals surface area contributed by atoms with Crippen molar-refractivity contribution in [3.63, 3.8) is 0 Å². The Kier molecular flexibility index (Phi) is 6.40. The number of carbonyl (C=O) groups excluding carboxylic acids is 3. The zero-order chi connectivity index (χ0) is 24.2. The Bertz CT molecular complexity index is 1270. The number of ketones is 1. The first-order valence-electron chi connectivity index (χ1n) is 10.7. The molecule has 34 heavy (non-hydrogen) atoms. The van der Waals surface area contributed by atoms with Crippen LogP contribution in [-0.4, -0.2) is 34.3 Å². The number of carbonyl (C=O) groups is 3. The van der Waals surface area contributed by atoms with Gasteiger partial charge in [-0.05, 0) is 61.5 Å². The van der Waals surface area contributed by atoms with Crippen LogP contribution in [0.25, 0.3) is 5.76 Å². The number of nitrogens with zero attached hydrogens (tertiary/aromatic N) is 2. The Balaban J connectivity index is 1.86. The summed E-state index contributed by atoms with van der Waals surface area (Å²) in [5.74, 6) is -1.58. The second-order valence-corrected chi connectivity index (χ2v) is 7.61. The predicted octanol–water partition coefficient (Wildman–Crippen LogP) is 4.07. The van der Waals surface area contributed by atoms with E-state index in [1.807, 2.05) is 6.92 Å². The molecule has 1 aromatic heterocycles. The SMILES string of the molecule is CCOc1ccc(/C(O)=C2\C(=O)C(=O)N(c3cccc(NC(C)=O)c3)C2c2ccccn2)cc1. The summed E-state index contributed by atoms with van der Waals surface area (Å²) >= 11 is 0. The molecule has 0 bridgehead atoms. The van der Waals surface area contributed by atoms with Crippen molar-refractivity contribution in [2.24, 2.45) is 0 Å². The molecule has 8 nitrogen and oxygen atoms in total. The number of anilines is 2. The summed E-state index contributed by atoms with van der Waals surface area (Å²) in [6.07, 6.45) is 1.56. The van der Waals surface area contributed by atoms with Crippen LogP contribution in [0.2, 0.25) is 0 Å². The van der Waals surface area contributed by atoms with E-state index < -0.39 is 17.7 Å². The zero-order valence-electron chi connectivity index (χ0n) is 18.7. The van der Waals surface area contributed by atoms with E-state index in [9.17, 15) is 19.5 Å². The molecular weight excluding hydrogens is 434 g/mol. The molecule has 0 saturated carbocycles. The van der Waals surface area contributed by atoms with Crippen LogP contribution in [0.15, 0.2) is 78.5 Å². The van der Waals surface area contributed by atoms with Crippen LogP contribution in [0.1, 0.15) is 31.1 Å². The summed E-state index contributed by atoms with van der Waals surface area (Å²) in [6.45, 7) is 3.74. The average Bonchev–Trinajstić information content (AvgIpc) is 3.10. The van der Waals surface area contributed by atoms with Crippen molar-refractivity contribution in [1.82, 2.24) is 4.98 Å². The van der Waals surface area contributed by atoms with Crippen molar-refractivity contribution in [3.05, 3.63) is 89.8 Å². The minimum absolute atomic E-state index is 0.0715. The van der Waals surface area contributed by atoms with Gasteiger partial charge in [-0.2, -0.15) is 0 Å². The van der Waals surface area contributed by atoms with Gasteiger partial charge in [-0.25, -0.2) is 0 Å². The number of hydrogen-bond donors (Lipinski definition) is 2. The van der Waals surface area contributed by atoms with Gasteiger partial charge in [0, 0.05) is 30.1 Å². The third-order valence-electron chi connectivity index (χ3n) is 5.30. The molecule has 1 unspecified atom stereocenters. The molecule has 1 fully saturated rings. The normalized spacial score (nSPS) is 17.0. The Hall–Kier alpha value is -4.46. The summed E-state index contributed by atoms with van der Waals surface area (Å²) in [5, 5.41) is 13.8. The lowest BCUT2D eigenvalue weighted by atomic mass is 9.98. The van der Waals surface area contributed by atoms with Gasteiger partial charge >= 0.3 is 0 Å². The highest BCUT2D eigenvalue weighted by molar-refractivity contribution is 6.51. The first kappa shape index (κ1) is 22.7. The Labute approximate surface area is 196 Å². The van der Waals surface area contributed by atoms with Crippen molar-refractivity contribution in [2.45, 2.75) is 19.9 Å². The third-order valence-corrected chi connectivity index (χ3v) is 5.30. The molecule has 172 valence electrons. The van der Waals surface area contributed by atoms with Crippen molar-refractivity contribution in [3.8, 4) is 5.75 Å². The number of rotatable bonds is 6. The number of aliphatic hydroxyl groups excluding tert-OH is 1. The van der Waals surface area contributed by atoms with Gasteiger partial charge < -0.3 is 15.2 Å². The van der Waals surface area contributed by atoms with Crippen molar-refractivity contribution in [2.75, 3.05) is 16.8 Å². The Morgan fingerprint density at radius 3 is 2.50 bits per heavy atom. The maximum absolute atomic E-state index is 13.2. The second-order valence-electron chi connectivity index (χ2n) is 7.61. The van der Waals surface area contributed by atoms with Gasteiger partial charge in [0.2, 0.25) is 5.91 Å². The molecule has 2 heterocycles. The molecule has 2 amide bonds. The van der Waals surface area contributed by atoms with Crippen LogP contribution in [0.5, 0.6) is 5.75 Å². The molecule has 1 atom stereocenters. The lowest BCUT2D eigenvalue weighted by Gasteiger charge is -2.25. The van der Waals surface area contributed by atoms with E-state index in [1.165, 1.54) is 11.8 Å². The van der Waals surface area contributed by atoms with Gasteiger partial charge in [0.05, 0.1) is 17.9 Å². The first-order chi connectivity index (χ1) is 16.4. The minimum atomic E-state index is -0.958. The van der Waals surface area contributed by atoms with E-state index in [0.29, 0.717) is 35.0 Å². The Morgan fingerprint density at radius 1 is 1.09 bits per heavy atom. The second kappa shape index (κ2) is 9.58. The van der Waals surface area contributed by atoms with E-state index in [2.05, 4.69) is 10.3 Å². The fraction of sp³-hybridized carbons (Fsp3) is 0.154. The molecule has 0 aliphatic carbocycles. The smallest absolute Gasteiger partial charge is 0.300 e. The summed E-state index contributed by atoms with van der Waals surface area (Å²) in [7, 11) is 0. The van der Waals surface area contributed by atoms with Crippen LogP contribution in [0.4, 0.5) is 11.4 Å². The number of ether oxygens (including phenoxy) is 1. The molecule has 4 rings (SSSR count). The van der Waals surface area contributed by atoms with E-state index in [1.54, 1.807) is 72.9 Å². The van der Waals surface area contributed by atoms with Crippen molar-refractivity contribution >= 4 is 34.7 Å². The number of benzene rings is 2. The van der Waals surface area contributed by atoms with E-state index in [-0.39, 0.29) is 17.2 Å². The van der Waals surface area contributed by atoms with Crippen molar-refractivity contribution < 1.29 is 24.2 Å². The highest BCUT2D eigenvalue weighted by Crippen LogP contribution is 2.42. The molecule has 1 aliphatic rings. The maximum atomic E-state index is 13.2. The van der Waals surface area contributed by atoms with Gasteiger partial charge in [-0.3, -0.25) is 24.3 Å². The van der Waals surface area contributed by atoms with Gasteiger partial charge in [0.15, 0.2) is 0 Å². The summed E-state index contributed by atoms with van der Waals surface area (Å²) in [5.41, 5.74) is 1.57. The topological polar surface area (TPSA) is 109 Å². The Morgan fingerprint density at radius 2 is 1.85 bits per heavy atom. The number of pyridine rings is 1.